The van der Waals surface area contributed by atoms with Crippen LogP contribution in [0.15, 0.2) is 36.0 Å². The van der Waals surface area contributed by atoms with Gasteiger partial charge in [-0.3, -0.25) is 0 Å². The van der Waals surface area contributed by atoms with Crippen molar-refractivity contribution in [2.45, 2.75) is 40.0 Å². The summed E-state index contributed by atoms with van der Waals surface area (Å²) in [5, 5.41) is 0. The average Bonchev–Trinajstić information content (AvgIpc) is 2.11. The minimum Gasteiger partial charge on any atom is -0.0991 e. The molecule has 0 radical (unpaired) electrons. The lowest BCUT2D eigenvalue weighted by Crippen LogP contribution is -1.84. The Morgan fingerprint density at radius 1 is 1.33 bits per heavy atom. The summed E-state index contributed by atoms with van der Waals surface area (Å²) >= 11 is 0. The van der Waals surface area contributed by atoms with Gasteiger partial charge in [-0.1, -0.05) is 50.6 Å². The molecule has 12 heavy (non-hydrogen) atoms. The molecule has 0 fully saturated rings. The van der Waals surface area contributed by atoms with Gasteiger partial charge in [0.05, 0.1) is 0 Å². The first kappa shape index (κ1) is 11.2. The molecule has 68 valence electrons. The smallest absolute Gasteiger partial charge is 0.0282 e. The third kappa shape index (κ3) is 4.17. The first-order valence-corrected chi connectivity index (χ1v) is 4.73. The van der Waals surface area contributed by atoms with Gasteiger partial charge in [-0.2, -0.15) is 0 Å². The predicted molar refractivity (Wildman–Crippen MR) is 57.2 cm³/mol. The van der Waals surface area contributed by atoms with Crippen molar-refractivity contribution in [3.8, 4) is 0 Å². The van der Waals surface area contributed by atoms with Gasteiger partial charge in [0.25, 0.3) is 0 Å². The molecule has 0 nitrogen and oxygen atoms in total. The minimum atomic E-state index is 1.15. The lowest BCUT2D eigenvalue weighted by molar-refractivity contribution is 0.897. The van der Waals surface area contributed by atoms with E-state index in [0.717, 1.165) is 6.42 Å². The minimum absolute atomic E-state index is 1.15. The zero-order valence-corrected chi connectivity index (χ0v) is 8.56. The number of hydrogen-bond acceptors (Lipinski definition) is 0. The molecule has 0 saturated carbocycles. The fourth-order valence-electron chi connectivity index (χ4n) is 1.12. The highest BCUT2D eigenvalue weighted by atomic mass is 14.0. The van der Waals surface area contributed by atoms with E-state index in [2.05, 4.69) is 33.4 Å². The van der Waals surface area contributed by atoms with E-state index in [1.807, 2.05) is 12.2 Å². The summed E-state index contributed by atoms with van der Waals surface area (Å²) in [6, 6.07) is 0. The van der Waals surface area contributed by atoms with Gasteiger partial charge in [0.2, 0.25) is 0 Å². The highest BCUT2D eigenvalue weighted by Crippen LogP contribution is 2.14. The van der Waals surface area contributed by atoms with E-state index in [1.54, 1.807) is 0 Å². The largest absolute Gasteiger partial charge is 0.0991 e. The molecule has 0 saturated heterocycles. The second-order valence-corrected chi connectivity index (χ2v) is 3.00. The van der Waals surface area contributed by atoms with Gasteiger partial charge in [0.1, 0.15) is 0 Å². The highest BCUT2D eigenvalue weighted by Gasteiger charge is 1.94. The first-order chi connectivity index (χ1) is 5.76. The molecular weight excluding hydrogens is 144 g/mol. The molecule has 0 aliphatic heterocycles. The maximum absolute atomic E-state index is 3.67. The van der Waals surface area contributed by atoms with Gasteiger partial charge in [0, 0.05) is 0 Å². The molecule has 0 aliphatic carbocycles. The molecule has 0 aromatic carbocycles. The molecule has 0 atom stereocenters. The third-order valence-electron chi connectivity index (χ3n) is 2.03. The predicted octanol–water partition coefficient (Wildman–Crippen LogP) is 4.26. The van der Waals surface area contributed by atoms with Crippen molar-refractivity contribution in [2.24, 2.45) is 0 Å². The van der Waals surface area contributed by atoms with E-state index >= 15 is 0 Å². The van der Waals surface area contributed by atoms with Crippen LogP contribution in [-0.4, -0.2) is 0 Å². The SMILES string of the molecule is C=CC=CC(CCC)=C(C)CC. The molecular formula is C12H20. The van der Waals surface area contributed by atoms with E-state index < -0.39 is 0 Å². The topological polar surface area (TPSA) is 0 Å². The molecule has 0 unspecified atom stereocenters. The molecule has 0 bridgehead atoms. The summed E-state index contributed by atoms with van der Waals surface area (Å²) in [6.07, 6.45) is 9.58. The molecule has 0 amide bonds. The van der Waals surface area contributed by atoms with E-state index in [1.165, 1.54) is 24.0 Å². The van der Waals surface area contributed by atoms with Crippen LogP contribution in [0.25, 0.3) is 0 Å². The second kappa shape index (κ2) is 6.90. The van der Waals surface area contributed by atoms with Crippen molar-refractivity contribution in [1.29, 1.82) is 0 Å². The zero-order chi connectivity index (χ0) is 9.40. The zero-order valence-electron chi connectivity index (χ0n) is 8.56. The Bertz CT molecular complexity index is 182. The van der Waals surface area contributed by atoms with Gasteiger partial charge in [-0.15, -0.1) is 0 Å². The van der Waals surface area contributed by atoms with Crippen LogP contribution in [0.4, 0.5) is 0 Å². The van der Waals surface area contributed by atoms with Crippen LogP contribution in [0.5, 0.6) is 0 Å². The summed E-state index contributed by atoms with van der Waals surface area (Å²) in [7, 11) is 0. The lowest BCUT2D eigenvalue weighted by atomic mass is 10.0. The van der Waals surface area contributed by atoms with E-state index in [4.69, 9.17) is 0 Å². The fourth-order valence-corrected chi connectivity index (χ4v) is 1.12. The van der Waals surface area contributed by atoms with Gasteiger partial charge in [-0.05, 0) is 25.3 Å². The Kier molecular flexibility index (Phi) is 6.45. The Labute approximate surface area is 76.7 Å². The van der Waals surface area contributed by atoms with E-state index in [-0.39, 0.29) is 0 Å². The molecule has 0 aromatic heterocycles. The summed E-state index contributed by atoms with van der Waals surface area (Å²) in [5.41, 5.74) is 2.97. The molecule has 0 N–H and O–H groups in total. The van der Waals surface area contributed by atoms with Crippen LogP contribution in [0.1, 0.15) is 40.0 Å². The summed E-state index contributed by atoms with van der Waals surface area (Å²) in [5.74, 6) is 0. The van der Waals surface area contributed by atoms with Crippen LogP contribution in [0.3, 0.4) is 0 Å². The summed E-state index contributed by atoms with van der Waals surface area (Å²) in [4.78, 5) is 0. The molecule has 0 aliphatic rings. The first-order valence-electron chi connectivity index (χ1n) is 4.73. The quantitative estimate of drug-likeness (QED) is 0.533. The Morgan fingerprint density at radius 3 is 2.42 bits per heavy atom. The van der Waals surface area contributed by atoms with Gasteiger partial charge in [-0.25, -0.2) is 0 Å². The van der Waals surface area contributed by atoms with E-state index in [9.17, 15) is 0 Å². The van der Waals surface area contributed by atoms with Crippen molar-refractivity contribution in [3.63, 3.8) is 0 Å². The maximum Gasteiger partial charge on any atom is -0.0282 e. The van der Waals surface area contributed by atoms with Gasteiger partial charge < -0.3 is 0 Å². The maximum atomic E-state index is 3.67. The molecule has 0 rings (SSSR count). The van der Waals surface area contributed by atoms with Gasteiger partial charge >= 0.3 is 0 Å². The summed E-state index contributed by atoms with van der Waals surface area (Å²) < 4.78 is 0. The highest BCUT2D eigenvalue weighted by molar-refractivity contribution is 5.26. The van der Waals surface area contributed by atoms with Crippen LogP contribution in [0, 0.1) is 0 Å². The fraction of sp³-hybridized carbons (Fsp3) is 0.500. The molecule has 0 heterocycles. The van der Waals surface area contributed by atoms with Crippen molar-refractivity contribution in [3.05, 3.63) is 36.0 Å². The van der Waals surface area contributed by atoms with Crippen LogP contribution in [-0.2, 0) is 0 Å². The van der Waals surface area contributed by atoms with Crippen LogP contribution >= 0.6 is 0 Å². The summed E-state index contributed by atoms with van der Waals surface area (Å²) in [6.45, 7) is 10.3. The van der Waals surface area contributed by atoms with Crippen molar-refractivity contribution >= 4 is 0 Å². The molecule has 0 spiro atoms. The Balaban J connectivity index is 4.41. The average molecular weight is 164 g/mol. The van der Waals surface area contributed by atoms with Crippen molar-refractivity contribution in [1.82, 2.24) is 0 Å². The van der Waals surface area contributed by atoms with Crippen molar-refractivity contribution in [2.75, 3.05) is 0 Å². The monoisotopic (exact) mass is 164 g/mol. The standard InChI is InChI=1S/C12H20/c1-5-8-10-12(9-6-2)11(4)7-3/h5,8,10H,1,6-7,9H2,2-4H3. The number of rotatable bonds is 5. The van der Waals surface area contributed by atoms with Crippen LogP contribution < -0.4 is 0 Å². The molecule has 0 heteroatoms. The Hall–Kier alpha value is -0.780. The Morgan fingerprint density at radius 2 is 2.00 bits per heavy atom. The third-order valence-corrected chi connectivity index (χ3v) is 2.03. The molecule has 0 aromatic rings. The normalized spacial score (nSPS) is 13.2. The number of allylic oxidation sites excluding steroid dienone is 5. The van der Waals surface area contributed by atoms with Gasteiger partial charge in [0.15, 0.2) is 0 Å². The number of hydrogen-bond donors (Lipinski definition) is 0. The van der Waals surface area contributed by atoms with E-state index in [0.29, 0.717) is 0 Å². The lowest BCUT2D eigenvalue weighted by Gasteiger charge is -2.04. The second-order valence-electron chi connectivity index (χ2n) is 3.00. The van der Waals surface area contributed by atoms with Crippen molar-refractivity contribution < 1.29 is 0 Å². The van der Waals surface area contributed by atoms with Crippen LogP contribution in [0.2, 0.25) is 0 Å².